The molecule has 1 aliphatic rings. The smallest absolute Gasteiger partial charge is 0.243 e. The molecule has 0 aliphatic carbocycles. The first kappa shape index (κ1) is 21.5. The summed E-state index contributed by atoms with van der Waals surface area (Å²) in [5, 5.41) is 0.825. The van der Waals surface area contributed by atoms with Gasteiger partial charge in [0.25, 0.3) is 0 Å². The van der Waals surface area contributed by atoms with Crippen LogP contribution in [-0.4, -0.2) is 46.7 Å². The van der Waals surface area contributed by atoms with Gasteiger partial charge in [0.2, 0.25) is 26.0 Å². The van der Waals surface area contributed by atoms with Gasteiger partial charge < -0.3 is 5.73 Å². The molecule has 0 spiro atoms. The molecule has 1 aliphatic heterocycles. The Bertz CT molecular complexity index is 922. The van der Waals surface area contributed by atoms with E-state index in [4.69, 9.17) is 5.73 Å². The van der Waals surface area contributed by atoms with Crippen LogP contribution < -0.4 is 10.5 Å². The van der Waals surface area contributed by atoms with Crippen molar-refractivity contribution in [3.8, 4) is 0 Å². The van der Waals surface area contributed by atoms with Crippen LogP contribution in [0.5, 0.6) is 0 Å². The summed E-state index contributed by atoms with van der Waals surface area (Å²) in [5.41, 5.74) is 5.12. The normalized spacial score (nSPS) is 19.1. The first-order chi connectivity index (χ1) is 12.4. The van der Waals surface area contributed by atoms with E-state index in [0.29, 0.717) is 18.5 Å². The molecular weight excluding hydrogens is 390 g/mol. The second kappa shape index (κ2) is 7.70. The summed E-state index contributed by atoms with van der Waals surface area (Å²) < 4.78 is 52.2. The molecular formula is C17H25N3O5S2. The van der Waals surface area contributed by atoms with E-state index in [1.807, 2.05) is 0 Å². The summed E-state index contributed by atoms with van der Waals surface area (Å²) in [7, 11) is -7.22. The highest BCUT2D eigenvalue weighted by atomic mass is 32.2. The van der Waals surface area contributed by atoms with Gasteiger partial charge in [-0.15, -0.1) is 0 Å². The maximum atomic E-state index is 12.8. The van der Waals surface area contributed by atoms with Crippen LogP contribution in [0.3, 0.4) is 0 Å². The molecule has 10 heteroatoms. The van der Waals surface area contributed by atoms with Gasteiger partial charge in [0.05, 0.1) is 10.3 Å². The number of amides is 1. The van der Waals surface area contributed by atoms with Crippen molar-refractivity contribution in [2.45, 2.75) is 30.6 Å². The number of carbonyl (C=O) groups is 1. The van der Waals surface area contributed by atoms with Crippen molar-refractivity contribution in [1.82, 2.24) is 9.03 Å². The minimum atomic E-state index is -3.69. The van der Waals surface area contributed by atoms with Crippen LogP contribution in [0.4, 0.5) is 0 Å². The highest BCUT2D eigenvalue weighted by molar-refractivity contribution is 7.92. The second-order valence-corrected chi connectivity index (χ2v) is 10.7. The van der Waals surface area contributed by atoms with Crippen molar-refractivity contribution in [1.29, 1.82) is 0 Å². The number of rotatable bonds is 8. The molecule has 1 atom stereocenters. The molecule has 2 rings (SSSR count). The maximum absolute atomic E-state index is 12.8. The Hall–Kier alpha value is -1.75. The fraction of sp³-hybridized carbons (Fsp3) is 0.471. The number of nitrogens with zero attached hydrogens (tertiary/aromatic N) is 1. The van der Waals surface area contributed by atoms with E-state index in [9.17, 15) is 21.6 Å². The van der Waals surface area contributed by atoms with E-state index in [0.717, 1.165) is 5.41 Å². The third kappa shape index (κ3) is 4.75. The van der Waals surface area contributed by atoms with Crippen LogP contribution in [0.2, 0.25) is 0 Å². The average molecular weight is 416 g/mol. The van der Waals surface area contributed by atoms with Crippen LogP contribution in [0.1, 0.15) is 25.8 Å². The fourth-order valence-corrected chi connectivity index (χ4v) is 4.93. The third-order valence-electron chi connectivity index (χ3n) is 4.87. The van der Waals surface area contributed by atoms with Crippen LogP contribution in [-0.2, 0) is 30.3 Å². The van der Waals surface area contributed by atoms with Gasteiger partial charge in [0, 0.05) is 25.0 Å². The molecule has 0 bridgehead atoms. The van der Waals surface area contributed by atoms with Crippen molar-refractivity contribution in [3.05, 3.63) is 41.8 Å². The molecule has 1 fully saturated rings. The van der Waals surface area contributed by atoms with E-state index in [1.165, 1.54) is 16.4 Å². The predicted octanol–water partition coefficient (Wildman–Crippen LogP) is 0.523. The van der Waals surface area contributed by atoms with Crippen molar-refractivity contribution in [3.63, 3.8) is 0 Å². The first-order valence-electron chi connectivity index (χ1n) is 8.43. The molecule has 150 valence electrons. The fourth-order valence-electron chi connectivity index (χ4n) is 2.81. The zero-order chi connectivity index (χ0) is 20.5. The number of nitrogens with one attached hydrogen (secondary N) is 1. The van der Waals surface area contributed by atoms with Gasteiger partial charge in [-0.3, -0.25) is 4.79 Å². The quantitative estimate of drug-likeness (QED) is 0.640. The number of nitrogens with two attached hydrogens (primary N) is 1. The van der Waals surface area contributed by atoms with E-state index < -0.39 is 31.4 Å². The van der Waals surface area contributed by atoms with Gasteiger partial charge in [-0.25, -0.2) is 21.6 Å². The minimum absolute atomic E-state index is 0.109. The summed E-state index contributed by atoms with van der Waals surface area (Å²) in [6, 6.07) is 6.10. The highest BCUT2D eigenvalue weighted by Gasteiger charge is 2.33. The number of sulfonamides is 2. The molecule has 0 saturated carbocycles. The van der Waals surface area contributed by atoms with Crippen molar-refractivity contribution in [2.75, 3.05) is 19.6 Å². The molecule has 1 amide bonds. The zero-order valence-corrected chi connectivity index (χ0v) is 17.0. The van der Waals surface area contributed by atoms with Crippen LogP contribution in [0, 0.1) is 5.92 Å². The second-order valence-electron chi connectivity index (χ2n) is 7.09. The Morgan fingerprint density at radius 3 is 2.41 bits per heavy atom. The van der Waals surface area contributed by atoms with Crippen LogP contribution in [0.25, 0.3) is 0 Å². The molecule has 0 aromatic heterocycles. The Morgan fingerprint density at radius 1 is 1.30 bits per heavy atom. The number of hydrogen-bond donors (Lipinski definition) is 2. The monoisotopic (exact) mass is 415 g/mol. The minimum Gasteiger partial charge on any atom is -0.369 e. The SMILES string of the molecule is C=CS(=O)(=O)NC[C@H]1CCN(S(=O)(=O)c2ccc(C(C)(C)C(N)=O)cc2)C1. The number of benzene rings is 1. The van der Waals surface area contributed by atoms with E-state index in [1.54, 1.807) is 26.0 Å². The van der Waals surface area contributed by atoms with Crippen molar-refractivity contribution >= 4 is 26.0 Å². The zero-order valence-electron chi connectivity index (χ0n) is 15.4. The number of hydrogen-bond acceptors (Lipinski definition) is 5. The number of primary amides is 1. The molecule has 8 nitrogen and oxygen atoms in total. The molecule has 0 radical (unpaired) electrons. The highest BCUT2D eigenvalue weighted by Crippen LogP contribution is 2.27. The standard InChI is InChI=1S/C17H25N3O5S2/c1-4-26(22,23)19-11-13-9-10-20(12-13)27(24,25)15-7-5-14(6-8-15)17(2,3)16(18)21/h4-8,13,19H,1,9-12H2,2-3H3,(H2,18,21)/t13-/m1/s1. The van der Waals surface area contributed by atoms with E-state index in [-0.39, 0.29) is 23.9 Å². The molecule has 1 heterocycles. The maximum Gasteiger partial charge on any atom is 0.243 e. The van der Waals surface area contributed by atoms with Crippen LogP contribution >= 0.6 is 0 Å². The van der Waals surface area contributed by atoms with Gasteiger partial charge in [-0.1, -0.05) is 18.7 Å². The molecule has 3 N–H and O–H groups in total. The van der Waals surface area contributed by atoms with Gasteiger partial charge in [-0.05, 0) is 43.9 Å². The lowest BCUT2D eigenvalue weighted by Crippen LogP contribution is -2.35. The average Bonchev–Trinajstić information content (AvgIpc) is 3.10. The van der Waals surface area contributed by atoms with Gasteiger partial charge in [0.1, 0.15) is 0 Å². The first-order valence-corrected chi connectivity index (χ1v) is 11.4. The Kier molecular flexibility index (Phi) is 6.15. The summed E-state index contributed by atoms with van der Waals surface area (Å²) >= 11 is 0. The Morgan fingerprint density at radius 2 is 1.89 bits per heavy atom. The summed E-state index contributed by atoms with van der Waals surface area (Å²) in [6.45, 7) is 7.28. The Labute approximate surface area is 160 Å². The molecule has 1 aromatic rings. The van der Waals surface area contributed by atoms with E-state index in [2.05, 4.69) is 11.3 Å². The largest absolute Gasteiger partial charge is 0.369 e. The summed E-state index contributed by atoms with van der Waals surface area (Å²) in [4.78, 5) is 11.7. The molecule has 1 saturated heterocycles. The predicted molar refractivity (Wildman–Crippen MR) is 103 cm³/mol. The molecule has 0 unspecified atom stereocenters. The number of carbonyl (C=O) groups excluding carboxylic acids is 1. The van der Waals surface area contributed by atoms with Crippen molar-refractivity contribution < 1.29 is 21.6 Å². The molecule has 27 heavy (non-hydrogen) atoms. The van der Waals surface area contributed by atoms with Crippen LogP contribution in [0.15, 0.2) is 41.1 Å². The Balaban J connectivity index is 2.11. The lowest BCUT2D eigenvalue weighted by atomic mass is 9.84. The van der Waals surface area contributed by atoms with E-state index >= 15 is 0 Å². The molecule has 1 aromatic carbocycles. The van der Waals surface area contributed by atoms with Gasteiger partial charge >= 0.3 is 0 Å². The summed E-state index contributed by atoms with van der Waals surface area (Å²) in [6.07, 6.45) is 0.561. The topological polar surface area (TPSA) is 127 Å². The summed E-state index contributed by atoms with van der Waals surface area (Å²) in [5.74, 6) is -0.606. The third-order valence-corrected chi connectivity index (χ3v) is 7.76. The lowest BCUT2D eigenvalue weighted by Gasteiger charge is -2.22. The van der Waals surface area contributed by atoms with Gasteiger partial charge in [-0.2, -0.15) is 4.31 Å². The van der Waals surface area contributed by atoms with Crippen molar-refractivity contribution in [2.24, 2.45) is 11.7 Å². The lowest BCUT2D eigenvalue weighted by molar-refractivity contribution is -0.122. The van der Waals surface area contributed by atoms with Gasteiger partial charge in [0.15, 0.2) is 0 Å².